The number of aromatic nitrogens is 2. The topological polar surface area (TPSA) is 139 Å². The molecule has 0 spiro atoms. The van der Waals surface area contributed by atoms with Crippen LogP contribution in [-0.2, 0) is 0 Å². The lowest BCUT2D eigenvalue weighted by Gasteiger charge is -2.27. The predicted molar refractivity (Wildman–Crippen MR) is 133 cm³/mol. The summed E-state index contributed by atoms with van der Waals surface area (Å²) in [4.78, 5) is 8.58. The third kappa shape index (κ3) is 7.66. The van der Waals surface area contributed by atoms with Crippen LogP contribution in [0, 0.1) is 37.0 Å². The summed E-state index contributed by atoms with van der Waals surface area (Å²) < 4.78 is 26.3. The van der Waals surface area contributed by atoms with Gasteiger partial charge >= 0.3 is 0 Å². The third-order valence-corrected chi connectivity index (χ3v) is 6.35. The van der Waals surface area contributed by atoms with Crippen molar-refractivity contribution in [3.63, 3.8) is 0 Å². The van der Waals surface area contributed by atoms with Crippen molar-refractivity contribution >= 4 is 11.1 Å². The number of hydrogen-bond acceptors (Lipinski definition) is 4. The molecule has 4 rings (SSSR count). The van der Waals surface area contributed by atoms with Crippen LogP contribution in [0.4, 0.5) is 8.78 Å². The highest BCUT2D eigenvalue weighted by Crippen LogP contribution is 2.39. The molecule has 0 aromatic carbocycles. The molecule has 2 heterocycles. The molecule has 2 fully saturated rings. The number of nitriles is 1. The van der Waals surface area contributed by atoms with Crippen LogP contribution < -0.4 is 5.73 Å². The third-order valence-electron chi connectivity index (χ3n) is 6.35. The van der Waals surface area contributed by atoms with Crippen molar-refractivity contribution in [3.8, 4) is 6.07 Å². The average molecular weight is 477 g/mol. The van der Waals surface area contributed by atoms with E-state index in [0.29, 0.717) is 28.8 Å². The van der Waals surface area contributed by atoms with Gasteiger partial charge in [-0.2, -0.15) is 5.26 Å². The molecule has 8 heteroatoms. The van der Waals surface area contributed by atoms with Gasteiger partial charge in [-0.25, -0.2) is 8.78 Å². The average Bonchev–Trinajstić information content (AvgIpc) is 3.57. The van der Waals surface area contributed by atoms with Crippen LogP contribution in [0.1, 0.15) is 81.4 Å². The summed E-state index contributed by atoms with van der Waals surface area (Å²) in [5.41, 5.74) is 9.38. The van der Waals surface area contributed by atoms with E-state index in [0.717, 1.165) is 42.0 Å². The van der Waals surface area contributed by atoms with Crippen LogP contribution in [-0.4, -0.2) is 27.0 Å². The van der Waals surface area contributed by atoms with Gasteiger partial charge in [0.25, 0.3) is 6.43 Å². The van der Waals surface area contributed by atoms with Gasteiger partial charge in [-0.1, -0.05) is 25.3 Å². The minimum atomic E-state index is -2.62. The van der Waals surface area contributed by atoms with Gasteiger partial charge in [0.15, 0.2) is 0 Å². The lowest BCUT2D eigenvalue weighted by Crippen LogP contribution is -2.16. The lowest BCUT2D eigenvalue weighted by molar-refractivity contribution is 0.151. The summed E-state index contributed by atoms with van der Waals surface area (Å²) in [6.45, 7) is 5.78. The van der Waals surface area contributed by atoms with Gasteiger partial charge < -0.3 is 16.7 Å². The van der Waals surface area contributed by atoms with Crippen LogP contribution in [0.5, 0.6) is 0 Å². The Morgan fingerprint density at radius 3 is 2.24 bits per heavy atom. The fourth-order valence-corrected chi connectivity index (χ4v) is 3.80. The second-order valence-electron chi connectivity index (χ2n) is 9.09. The number of alkyl halides is 2. The Kier molecular flexibility index (Phi) is 11.4. The Morgan fingerprint density at radius 1 is 1.15 bits per heavy atom. The molecule has 2 aliphatic carbocycles. The highest BCUT2D eigenvalue weighted by Gasteiger charge is 2.25. The zero-order valence-corrected chi connectivity index (χ0v) is 20.1. The summed E-state index contributed by atoms with van der Waals surface area (Å²) in [7, 11) is 0. The molecule has 0 aliphatic heterocycles. The monoisotopic (exact) mass is 476 g/mol. The number of allylic oxidation sites excluding steroid dienone is 2. The van der Waals surface area contributed by atoms with Crippen molar-refractivity contribution in [2.45, 2.75) is 71.8 Å². The molecule has 1 atom stereocenters. The Bertz CT molecular complexity index is 999. The smallest absolute Gasteiger partial charge is 0.265 e. The minimum Gasteiger partial charge on any atom is -0.412 e. The van der Waals surface area contributed by atoms with Gasteiger partial charge in [0.1, 0.15) is 6.07 Å². The maximum absolute atomic E-state index is 13.1. The first kappa shape index (κ1) is 29.3. The van der Waals surface area contributed by atoms with E-state index >= 15 is 0 Å². The van der Waals surface area contributed by atoms with E-state index in [1.165, 1.54) is 31.5 Å². The molecule has 34 heavy (non-hydrogen) atoms. The van der Waals surface area contributed by atoms with Crippen molar-refractivity contribution in [2.24, 2.45) is 17.6 Å². The fraction of sp³-hybridized carbons (Fsp3) is 0.500. The van der Waals surface area contributed by atoms with Crippen molar-refractivity contribution in [1.29, 1.82) is 5.26 Å². The van der Waals surface area contributed by atoms with Crippen LogP contribution in [0.2, 0.25) is 0 Å². The number of nitrogens with zero attached hydrogens (tertiary/aromatic N) is 3. The SMILES string of the molecule is C[C@H](N)C1CC1.Cc1ccc(/C(CC2CCC2)=C(\C#N)c2cc(C(F)F)cnc2C)nc1.O.O.[HH]. The molecular weight excluding hydrogens is 438 g/mol. The molecular formula is C26H38F2N4O2. The van der Waals surface area contributed by atoms with E-state index in [2.05, 4.69) is 23.0 Å². The van der Waals surface area contributed by atoms with Gasteiger partial charge in [-0.05, 0) is 75.1 Å². The van der Waals surface area contributed by atoms with Crippen LogP contribution in [0.25, 0.3) is 11.1 Å². The molecule has 0 bridgehead atoms. The molecule has 2 aromatic rings. The van der Waals surface area contributed by atoms with E-state index in [1.807, 2.05) is 19.1 Å². The zero-order valence-electron chi connectivity index (χ0n) is 20.1. The van der Waals surface area contributed by atoms with E-state index in [4.69, 9.17) is 5.73 Å². The molecule has 0 saturated heterocycles. The first-order valence-corrected chi connectivity index (χ1v) is 11.4. The number of rotatable bonds is 6. The number of pyridine rings is 2. The summed E-state index contributed by atoms with van der Waals surface area (Å²) >= 11 is 0. The normalized spacial score (nSPS) is 16.5. The minimum absolute atomic E-state index is 0. The number of hydrogen-bond donors (Lipinski definition) is 1. The van der Waals surface area contributed by atoms with Gasteiger partial charge in [0, 0.05) is 36.7 Å². The second kappa shape index (κ2) is 13.2. The number of aryl methyl sites for hydroxylation is 2. The standard InChI is InChI=1S/C21H21F2N3.C5H11N.2H2O.H2/c1-13-6-7-20(26-11-13)18(8-15-4-3-5-15)19(10-24)17-9-16(21(22)23)12-25-14(17)2;1-4(6)5-2-3-5;;;/h6-7,9,11-12,15,21H,3-5,8H2,1-2H3;4-5H,2-3,6H2,1H3;2*1H2;1H/b19-18+;;;;/t;4-;;;/m.0.../s1. The van der Waals surface area contributed by atoms with E-state index in [9.17, 15) is 14.0 Å². The molecule has 0 amide bonds. The summed E-state index contributed by atoms with van der Waals surface area (Å²) in [6.07, 6.45) is 7.26. The van der Waals surface area contributed by atoms with Gasteiger partial charge in [0.2, 0.25) is 0 Å². The lowest BCUT2D eigenvalue weighted by atomic mass is 9.78. The first-order valence-electron chi connectivity index (χ1n) is 11.4. The van der Waals surface area contributed by atoms with Crippen molar-refractivity contribution in [2.75, 3.05) is 0 Å². The maximum Gasteiger partial charge on any atom is 0.265 e. The molecule has 0 unspecified atom stereocenters. The summed E-state index contributed by atoms with van der Waals surface area (Å²) in [5, 5.41) is 9.87. The Balaban J connectivity index is 0.00000113. The largest absolute Gasteiger partial charge is 0.412 e. The molecule has 2 aliphatic rings. The molecule has 2 aromatic heterocycles. The highest BCUT2D eigenvalue weighted by molar-refractivity contribution is 5.97. The molecule has 2 saturated carbocycles. The van der Waals surface area contributed by atoms with Crippen molar-refractivity contribution < 1.29 is 21.2 Å². The highest BCUT2D eigenvalue weighted by atomic mass is 19.3. The zero-order chi connectivity index (χ0) is 23.3. The van der Waals surface area contributed by atoms with Gasteiger partial charge in [0.05, 0.1) is 11.3 Å². The Labute approximate surface area is 202 Å². The van der Waals surface area contributed by atoms with Crippen molar-refractivity contribution in [3.05, 3.63) is 58.7 Å². The van der Waals surface area contributed by atoms with Gasteiger partial charge in [-0.3, -0.25) is 9.97 Å². The van der Waals surface area contributed by atoms with Gasteiger partial charge in [-0.15, -0.1) is 0 Å². The Morgan fingerprint density at radius 2 is 1.82 bits per heavy atom. The summed E-state index contributed by atoms with van der Waals surface area (Å²) in [6, 6.07) is 7.96. The van der Waals surface area contributed by atoms with Crippen LogP contribution in [0.15, 0.2) is 30.6 Å². The van der Waals surface area contributed by atoms with Crippen LogP contribution in [0.3, 0.4) is 0 Å². The molecule has 6 N–H and O–H groups in total. The molecule has 6 nitrogen and oxygen atoms in total. The Hall–Kier alpha value is -2.73. The predicted octanol–water partition coefficient (Wildman–Crippen LogP) is 5.00. The fourth-order valence-electron chi connectivity index (χ4n) is 3.80. The number of nitrogens with two attached hydrogens (primary N) is 1. The van der Waals surface area contributed by atoms with E-state index < -0.39 is 6.43 Å². The molecule has 188 valence electrons. The maximum atomic E-state index is 13.1. The number of halogens is 2. The first-order chi connectivity index (χ1) is 15.3. The molecule has 0 radical (unpaired) electrons. The van der Waals surface area contributed by atoms with Crippen LogP contribution >= 0.6 is 0 Å². The van der Waals surface area contributed by atoms with E-state index in [1.54, 1.807) is 13.1 Å². The van der Waals surface area contributed by atoms with Crippen molar-refractivity contribution in [1.82, 2.24) is 9.97 Å². The quantitative estimate of drug-likeness (QED) is 0.586. The summed E-state index contributed by atoms with van der Waals surface area (Å²) in [5.74, 6) is 1.40. The second-order valence-corrected chi connectivity index (χ2v) is 9.09. The van der Waals surface area contributed by atoms with E-state index in [-0.39, 0.29) is 17.9 Å².